The molecule has 3 N–H and O–H groups in total. The zero-order chi connectivity index (χ0) is 10.7. The zero-order valence-electron chi connectivity index (χ0n) is 8.57. The molecule has 0 fully saturated rings. The average molecular weight is 197 g/mol. The largest absolute Gasteiger partial charge is 0.444 e. The second-order valence-corrected chi connectivity index (χ2v) is 3.33. The first-order valence-corrected chi connectivity index (χ1v) is 4.49. The summed E-state index contributed by atoms with van der Waals surface area (Å²) in [4.78, 5) is 15.2. The van der Waals surface area contributed by atoms with Gasteiger partial charge < -0.3 is 15.5 Å². The highest BCUT2D eigenvalue weighted by Gasteiger charge is 2.15. The SMILES string of the molecule is Cc1cnc(C(C)NC(=O)[C@H](C)N)o1. The molecule has 0 aliphatic rings. The lowest BCUT2D eigenvalue weighted by Gasteiger charge is -2.11. The van der Waals surface area contributed by atoms with Crippen molar-refractivity contribution in [2.75, 3.05) is 0 Å². The Labute approximate surface area is 82.7 Å². The molecule has 0 aromatic carbocycles. The number of aryl methyl sites for hydroxylation is 1. The summed E-state index contributed by atoms with van der Waals surface area (Å²) in [5.41, 5.74) is 5.40. The summed E-state index contributed by atoms with van der Waals surface area (Å²) in [6, 6.07) is -0.768. The third-order valence-electron chi connectivity index (χ3n) is 1.78. The number of amides is 1. The Bertz CT molecular complexity index is 320. The van der Waals surface area contributed by atoms with Crippen LogP contribution in [0.3, 0.4) is 0 Å². The van der Waals surface area contributed by atoms with E-state index < -0.39 is 6.04 Å². The van der Waals surface area contributed by atoms with E-state index in [1.165, 1.54) is 0 Å². The third-order valence-corrected chi connectivity index (χ3v) is 1.78. The van der Waals surface area contributed by atoms with Gasteiger partial charge in [-0.15, -0.1) is 0 Å². The van der Waals surface area contributed by atoms with Crippen LogP contribution in [0.15, 0.2) is 10.6 Å². The molecular weight excluding hydrogens is 182 g/mol. The fourth-order valence-corrected chi connectivity index (χ4v) is 0.979. The van der Waals surface area contributed by atoms with Gasteiger partial charge in [-0.2, -0.15) is 0 Å². The molecule has 0 aliphatic heterocycles. The fourth-order valence-electron chi connectivity index (χ4n) is 0.979. The molecule has 1 unspecified atom stereocenters. The van der Waals surface area contributed by atoms with Crippen molar-refractivity contribution in [3.05, 3.63) is 17.8 Å². The number of nitrogens with zero attached hydrogens (tertiary/aromatic N) is 1. The normalized spacial score (nSPS) is 14.9. The van der Waals surface area contributed by atoms with Crippen molar-refractivity contribution in [2.24, 2.45) is 5.73 Å². The second-order valence-electron chi connectivity index (χ2n) is 3.33. The van der Waals surface area contributed by atoms with Crippen LogP contribution < -0.4 is 11.1 Å². The van der Waals surface area contributed by atoms with E-state index >= 15 is 0 Å². The van der Waals surface area contributed by atoms with Crippen molar-refractivity contribution in [1.29, 1.82) is 0 Å². The van der Waals surface area contributed by atoms with Crippen molar-refractivity contribution in [3.63, 3.8) is 0 Å². The van der Waals surface area contributed by atoms with Crippen molar-refractivity contribution >= 4 is 5.91 Å². The Kier molecular flexibility index (Phi) is 3.24. The first-order valence-electron chi connectivity index (χ1n) is 4.49. The van der Waals surface area contributed by atoms with Gasteiger partial charge in [-0.3, -0.25) is 4.79 Å². The summed E-state index contributed by atoms with van der Waals surface area (Å²) in [5.74, 6) is 1.01. The average Bonchev–Trinajstić information content (AvgIpc) is 2.51. The monoisotopic (exact) mass is 197 g/mol. The van der Waals surface area contributed by atoms with E-state index in [2.05, 4.69) is 10.3 Å². The van der Waals surface area contributed by atoms with Crippen molar-refractivity contribution < 1.29 is 9.21 Å². The van der Waals surface area contributed by atoms with Gasteiger partial charge in [0.2, 0.25) is 11.8 Å². The molecular formula is C9H15N3O2. The summed E-state index contributed by atoms with van der Waals surface area (Å²) >= 11 is 0. The van der Waals surface area contributed by atoms with Crippen LogP contribution in [0.4, 0.5) is 0 Å². The summed E-state index contributed by atoms with van der Waals surface area (Å²) in [5, 5.41) is 2.69. The Hall–Kier alpha value is -1.36. The molecule has 2 atom stereocenters. The molecule has 0 bridgehead atoms. The maximum absolute atomic E-state index is 11.2. The van der Waals surface area contributed by atoms with Crippen molar-refractivity contribution in [3.8, 4) is 0 Å². The van der Waals surface area contributed by atoms with Gasteiger partial charge in [0.15, 0.2) is 0 Å². The standard InChI is InChI=1S/C9H15N3O2/c1-5-4-11-9(14-5)7(3)12-8(13)6(2)10/h4,6-7H,10H2,1-3H3,(H,12,13)/t6-,7?/m0/s1. The molecule has 1 heterocycles. The molecule has 78 valence electrons. The lowest BCUT2D eigenvalue weighted by molar-refractivity contribution is -0.122. The van der Waals surface area contributed by atoms with Gasteiger partial charge in [0.25, 0.3) is 0 Å². The Morgan fingerprint density at radius 1 is 1.64 bits per heavy atom. The number of rotatable bonds is 3. The van der Waals surface area contributed by atoms with Gasteiger partial charge in [-0.25, -0.2) is 4.98 Å². The highest BCUT2D eigenvalue weighted by Crippen LogP contribution is 2.11. The van der Waals surface area contributed by atoms with Gasteiger partial charge in [-0.1, -0.05) is 0 Å². The molecule has 5 nitrogen and oxygen atoms in total. The van der Waals surface area contributed by atoms with E-state index in [4.69, 9.17) is 10.2 Å². The Balaban J connectivity index is 2.59. The number of carbonyl (C=O) groups is 1. The van der Waals surface area contributed by atoms with E-state index in [1.54, 1.807) is 27.0 Å². The molecule has 14 heavy (non-hydrogen) atoms. The summed E-state index contributed by atoms with van der Waals surface area (Å²) in [7, 11) is 0. The quantitative estimate of drug-likeness (QED) is 0.739. The van der Waals surface area contributed by atoms with Crippen LogP contribution in [-0.2, 0) is 4.79 Å². The second kappa shape index (κ2) is 4.23. The third kappa shape index (κ3) is 2.56. The summed E-state index contributed by atoms with van der Waals surface area (Å²) in [6.45, 7) is 5.23. The predicted molar refractivity (Wildman–Crippen MR) is 51.4 cm³/mol. The van der Waals surface area contributed by atoms with Crippen LogP contribution >= 0.6 is 0 Å². The molecule has 0 radical (unpaired) electrons. The minimum absolute atomic E-state index is 0.214. The minimum Gasteiger partial charge on any atom is -0.444 e. The molecule has 0 spiro atoms. The molecule has 1 rings (SSSR count). The predicted octanol–water partition coefficient (Wildman–Crippen LogP) is 0.507. The van der Waals surface area contributed by atoms with E-state index in [0.29, 0.717) is 5.89 Å². The van der Waals surface area contributed by atoms with Crippen LogP contribution in [0.2, 0.25) is 0 Å². The topological polar surface area (TPSA) is 81.2 Å². The molecule has 0 saturated heterocycles. The van der Waals surface area contributed by atoms with Crippen LogP contribution in [0, 0.1) is 6.92 Å². The van der Waals surface area contributed by atoms with E-state index in [1.807, 2.05) is 0 Å². The smallest absolute Gasteiger partial charge is 0.237 e. The summed E-state index contributed by atoms with van der Waals surface area (Å²) < 4.78 is 5.26. The lowest BCUT2D eigenvalue weighted by atomic mass is 10.3. The first kappa shape index (κ1) is 10.7. The fraction of sp³-hybridized carbons (Fsp3) is 0.556. The Morgan fingerprint density at radius 3 is 2.71 bits per heavy atom. The number of hydrogen-bond acceptors (Lipinski definition) is 4. The van der Waals surface area contributed by atoms with E-state index in [9.17, 15) is 4.79 Å². The number of aromatic nitrogens is 1. The number of oxazole rings is 1. The van der Waals surface area contributed by atoms with Crippen LogP contribution in [0.1, 0.15) is 31.5 Å². The van der Waals surface area contributed by atoms with Crippen LogP contribution in [0.25, 0.3) is 0 Å². The van der Waals surface area contributed by atoms with Gasteiger partial charge >= 0.3 is 0 Å². The minimum atomic E-state index is -0.520. The van der Waals surface area contributed by atoms with Crippen LogP contribution in [-0.4, -0.2) is 16.9 Å². The maximum atomic E-state index is 11.2. The van der Waals surface area contributed by atoms with Crippen molar-refractivity contribution in [2.45, 2.75) is 32.9 Å². The van der Waals surface area contributed by atoms with Gasteiger partial charge in [0.05, 0.1) is 12.2 Å². The highest BCUT2D eigenvalue weighted by atomic mass is 16.4. The number of hydrogen-bond donors (Lipinski definition) is 2. The molecule has 1 aromatic rings. The number of nitrogens with one attached hydrogen (secondary N) is 1. The van der Waals surface area contributed by atoms with Crippen LogP contribution in [0.5, 0.6) is 0 Å². The van der Waals surface area contributed by atoms with Gasteiger partial charge in [-0.05, 0) is 20.8 Å². The molecule has 5 heteroatoms. The molecule has 0 saturated carbocycles. The molecule has 0 aliphatic carbocycles. The number of carbonyl (C=O) groups excluding carboxylic acids is 1. The van der Waals surface area contributed by atoms with Gasteiger partial charge in [0.1, 0.15) is 11.8 Å². The van der Waals surface area contributed by atoms with E-state index in [-0.39, 0.29) is 11.9 Å². The maximum Gasteiger partial charge on any atom is 0.237 e. The number of nitrogens with two attached hydrogens (primary N) is 1. The lowest BCUT2D eigenvalue weighted by Crippen LogP contribution is -2.39. The van der Waals surface area contributed by atoms with Crippen molar-refractivity contribution in [1.82, 2.24) is 10.3 Å². The highest BCUT2D eigenvalue weighted by molar-refractivity contribution is 5.81. The van der Waals surface area contributed by atoms with Gasteiger partial charge in [0, 0.05) is 0 Å². The summed E-state index contributed by atoms with van der Waals surface area (Å²) in [6.07, 6.45) is 1.61. The first-order chi connectivity index (χ1) is 6.50. The molecule has 1 aromatic heterocycles. The van der Waals surface area contributed by atoms with E-state index in [0.717, 1.165) is 5.76 Å². The molecule has 1 amide bonds. The zero-order valence-corrected chi connectivity index (χ0v) is 8.57. The Morgan fingerprint density at radius 2 is 2.29 bits per heavy atom.